The van der Waals surface area contributed by atoms with E-state index in [-0.39, 0.29) is 54.2 Å². The summed E-state index contributed by atoms with van der Waals surface area (Å²) in [6.45, 7) is 0. The summed E-state index contributed by atoms with van der Waals surface area (Å²) in [7, 11) is -18.7. The number of hydrogen-bond donors (Lipinski definition) is 4. The van der Waals surface area contributed by atoms with Crippen LogP contribution in [0.5, 0.6) is 0 Å². The molecule has 0 aromatic heterocycles. The molecule has 0 amide bonds. The van der Waals surface area contributed by atoms with Crippen LogP contribution in [-0.4, -0.2) is 61.6 Å². The monoisotopic (exact) mass is 948 g/mol. The molecular formula is C38H28N8O14S4. The predicted molar refractivity (Wildman–Crippen MR) is 226 cm³/mol. The molecule has 6 aromatic rings. The molecule has 0 fully saturated rings. The zero-order valence-corrected chi connectivity index (χ0v) is 35.2. The maximum absolute atomic E-state index is 13.0. The van der Waals surface area contributed by atoms with Crippen molar-refractivity contribution < 1.29 is 61.6 Å². The Bertz CT molecular complexity index is 3360. The molecule has 6 aromatic carbocycles. The molecule has 0 saturated heterocycles. The van der Waals surface area contributed by atoms with E-state index in [2.05, 4.69) is 30.7 Å². The van der Waals surface area contributed by atoms with E-state index in [9.17, 15) is 53.2 Å². The lowest BCUT2D eigenvalue weighted by Crippen LogP contribution is -2.03. The van der Waals surface area contributed by atoms with Crippen molar-refractivity contribution in [3.8, 4) is 0 Å². The first-order valence-electron chi connectivity index (χ1n) is 17.5. The molecule has 0 aliphatic heterocycles. The summed E-state index contributed by atoms with van der Waals surface area (Å²) in [5.41, 5.74) is 0.356. The normalized spacial score (nSPS) is 13.3. The largest absolute Gasteiger partial charge is 0.594 e. The van der Waals surface area contributed by atoms with Crippen LogP contribution >= 0.6 is 0 Å². The minimum absolute atomic E-state index is 0.00650. The summed E-state index contributed by atoms with van der Waals surface area (Å²) in [5.74, 6) is 0. The molecule has 22 nitrogen and oxygen atoms in total. The molecule has 0 aliphatic rings. The van der Waals surface area contributed by atoms with Crippen LogP contribution in [0.4, 0.5) is 45.5 Å². The van der Waals surface area contributed by atoms with Crippen molar-refractivity contribution in [2.45, 2.75) is 19.6 Å². The molecule has 0 saturated carbocycles. The number of rotatable bonds is 14. The Hall–Kier alpha value is -7.30. The quantitative estimate of drug-likeness (QED) is 0.0260. The third-order valence-electron chi connectivity index (χ3n) is 8.38. The maximum atomic E-state index is 13.0. The fourth-order valence-corrected chi connectivity index (χ4v) is 7.65. The first kappa shape index (κ1) is 46.2. The van der Waals surface area contributed by atoms with Crippen molar-refractivity contribution in [2.75, 3.05) is 0 Å². The summed E-state index contributed by atoms with van der Waals surface area (Å²) >= 11 is 0. The molecule has 6 rings (SSSR count). The van der Waals surface area contributed by atoms with Gasteiger partial charge in [0.1, 0.15) is 21.2 Å². The van der Waals surface area contributed by atoms with Gasteiger partial charge in [0.25, 0.3) is 40.5 Å². The summed E-state index contributed by atoms with van der Waals surface area (Å²) < 4.78 is 133. The molecule has 0 bridgehead atoms. The highest BCUT2D eigenvalue weighted by atomic mass is 32.2. The zero-order valence-electron chi connectivity index (χ0n) is 31.9. The Labute approximate surface area is 363 Å². The van der Waals surface area contributed by atoms with Gasteiger partial charge in [0.05, 0.1) is 32.5 Å². The number of benzene rings is 6. The Morgan fingerprint density at radius 1 is 0.375 bits per heavy atom. The SMILES string of the molecule is O=S(=O)(O)c1ccc(N=Nc2ccc(N=Nc3ccc(/C=C/c4ccc([N+]([O-])=Nc5ccc([N+]([O-])=Nc6ccc(S(=O)(=O)O)cc6)cc5)cc4S(=O)(=O)O)c(S(=O)(=O)O)c3)cc2)cc1. The van der Waals surface area contributed by atoms with Crippen molar-refractivity contribution in [1.29, 1.82) is 0 Å². The third-order valence-corrected chi connectivity index (χ3v) is 11.9. The van der Waals surface area contributed by atoms with Gasteiger partial charge in [-0.15, -0.1) is 0 Å². The van der Waals surface area contributed by atoms with Gasteiger partial charge in [-0.2, -0.15) is 54.1 Å². The first-order chi connectivity index (χ1) is 30.0. The van der Waals surface area contributed by atoms with E-state index in [0.717, 1.165) is 60.7 Å². The minimum atomic E-state index is -5.00. The van der Waals surface area contributed by atoms with Gasteiger partial charge in [0.15, 0.2) is 0 Å². The Morgan fingerprint density at radius 2 is 0.688 bits per heavy atom. The molecule has 0 unspecified atom stereocenters. The maximum Gasteiger partial charge on any atom is 0.295 e. The zero-order chi connectivity index (χ0) is 46.5. The van der Waals surface area contributed by atoms with Gasteiger partial charge < -0.3 is 10.4 Å². The summed E-state index contributed by atoms with van der Waals surface area (Å²) in [5, 5.41) is 49.1. The van der Waals surface area contributed by atoms with Gasteiger partial charge in [-0.05, 0) is 114 Å². The summed E-state index contributed by atoms with van der Waals surface area (Å²) in [6, 6.07) is 27.3. The van der Waals surface area contributed by atoms with Crippen LogP contribution in [-0.2, 0) is 40.5 Å². The van der Waals surface area contributed by atoms with Gasteiger partial charge in [-0.3, -0.25) is 18.2 Å². The molecule has 64 heavy (non-hydrogen) atoms. The highest BCUT2D eigenvalue weighted by Gasteiger charge is 2.20. The van der Waals surface area contributed by atoms with Crippen molar-refractivity contribution in [3.63, 3.8) is 0 Å². The number of hydrogen-bond acceptors (Lipinski definition) is 16. The van der Waals surface area contributed by atoms with Crippen LogP contribution in [0.15, 0.2) is 184 Å². The summed E-state index contributed by atoms with van der Waals surface area (Å²) in [6.07, 6.45) is 2.24. The summed E-state index contributed by atoms with van der Waals surface area (Å²) in [4.78, 5) is -1.86. The molecular weight excluding hydrogens is 921 g/mol. The van der Waals surface area contributed by atoms with Crippen LogP contribution < -0.4 is 0 Å². The average molecular weight is 949 g/mol. The van der Waals surface area contributed by atoms with Crippen LogP contribution in [0.3, 0.4) is 0 Å². The van der Waals surface area contributed by atoms with Crippen molar-refractivity contribution in [1.82, 2.24) is 0 Å². The molecule has 0 atom stereocenters. The number of nitrogens with zero attached hydrogens (tertiary/aromatic N) is 8. The Morgan fingerprint density at radius 3 is 1.11 bits per heavy atom. The smallest absolute Gasteiger partial charge is 0.295 e. The average Bonchev–Trinajstić information content (AvgIpc) is 3.24. The van der Waals surface area contributed by atoms with E-state index in [4.69, 9.17) is 9.11 Å². The second-order valence-corrected chi connectivity index (χ2v) is 18.5. The second-order valence-electron chi connectivity index (χ2n) is 12.8. The highest BCUT2D eigenvalue weighted by Crippen LogP contribution is 2.31. The van der Waals surface area contributed by atoms with Gasteiger partial charge >= 0.3 is 0 Å². The van der Waals surface area contributed by atoms with Gasteiger partial charge in [-0.1, -0.05) is 27.9 Å². The van der Waals surface area contributed by atoms with Gasteiger partial charge in [-0.25, -0.2) is 0 Å². The fourth-order valence-electron chi connectivity index (χ4n) is 5.29. The van der Waals surface area contributed by atoms with E-state index in [0.29, 0.717) is 17.1 Å². The van der Waals surface area contributed by atoms with E-state index in [1.165, 1.54) is 84.9 Å². The lowest BCUT2D eigenvalue weighted by molar-refractivity contribution is -0.436. The molecule has 26 heteroatoms. The number of azo groups is 4. The minimum Gasteiger partial charge on any atom is -0.594 e. The van der Waals surface area contributed by atoms with E-state index < -0.39 is 55.2 Å². The van der Waals surface area contributed by atoms with Crippen molar-refractivity contribution in [3.05, 3.63) is 155 Å². The lowest BCUT2D eigenvalue weighted by atomic mass is 10.1. The lowest BCUT2D eigenvalue weighted by Gasteiger charge is -2.07. The molecule has 4 N–H and O–H groups in total. The molecule has 0 spiro atoms. The standard InChI is InChI=1S/C38H28N8O14S4/c47-45(43-31-14-21-36(22-15-31)62(52,53)54)33-17-10-30(11-18-33)44-46(48)34-16-4-26(38(24-34)64(58,59)60)2-1-25-3-5-32(23-37(25)63(55,56)57)42-41-28-8-6-27(7-9-28)39-40-29-12-19-35(20-13-29)61(49,50)51/h1-24H,(H,49,50,51)(H,52,53,54)(H,55,56,57)(H,58,59,60)/b2-1+,40-39?,42-41?,45-43?,46-44?. The molecule has 0 radical (unpaired) electrons. The van der Waals surface area contributed by atoms with E-state index >= 15 is 0 Å². The highest BCUT2D eigenvalue weighted by molar-refractivity contribution is 7.86. The van der Waals surface area contributed by atoms with Crippen molar-refractivity contribution >= 4 is 98.1 Å². The second kappa shape index (κ2) is 18.6. The Kier molecular flexibility index (Phi) is 13.4. The third kappa shape index (κ3) is 12.2. The molecule has 0 aliphatic carbocycles. The topological polar surface area (TPSA) is 344 Å². The first-order valence-corrected chi connectivity index (χ1v) is 23.3. The van der Waals surface area contributed by atoms with Crippen LogP contribution in [0, 0.1) is 10.4 Å². The Balaban J connectivity index is 1.17. The molecule has 328 valence electrons. The van der Waals surface area contributed by atoms with E-state index in [1.54, 1.807) is 0 Å². The van der Waals surface area contributed by atoms with Crippen LogP contribution in [0.2, 0.25) is 0 Å². The van der Waals surface area contributed by atoms with Crippen LogP contribution in [0.25, 0.3) is 12.2 Å². The van der Waals surface area contributed by atoms with Crippen LogP contribution in [0.1, 0.15) is 11.1 Å². The van der Waals surface area contributed by atoms with Crippen molar-refractivity contribution in [2.24, 2.45) is 30.7 Å². The van der Waals surface area contributed by atoms with Gasteiger partial charge in [0, 0.05) is 34.5 Å². The fraction of sp³-hybridized carbons (Fsp3) is 0. The van der Waals surface area contributed by atoms with E-state index in [1.807, 2.05) is 0 Å². The molecule has 0 heterocycles. The predicted octanol–water partition coefficient (Wildman–Crippen LogP) is 9.53. The van der Waals surface area contributed by atoms with Gasteiger partial charge in [0.2, 0.25) is 11.4 Å².